The minimum Gasteiger partial charge on any atom is -0.497 e. The molecule has 0 fully saturated rings. The van der Waals surface area contributed by atoms with Gasteiger partial charge in [-0.1, -0.05) is 0 Å². The molecule has 2 amide bonds. The Bertz CT molecular complexity index is 893. The van der Waals surface area contributed by atoms with Gasteiger partial charge in [-0.3, -0.25) is 20.0 Å². The molecule has 5 N–H and O–H groups in total. The molecule has 142 valence electrons. The third-order valence-corrected chi connectivity index (χ3v) is 3.82. The summed E-state index contributed by atoms with van der Waals surface area (Å²) in [4.78, 5) is 28.5. The van der Waals surface area contributed by atoms with Gasteiger partial charge in [0.25, 0.3) is 5.91 Å². The van der Waals surface area contributed by atoms with Crippen molar-refractivity contribution in [1.29, 1.82) is 0 Å². The van der Waals surface area contributed by atoms with Crippen molar-refractivity contribution in [3.63, 3.8) is 0 Å². The summed E-state index contributed by atoms with van der Waals surface area (Å²) >= 11 is 0. The molecular weight excluding hydrogens is 346 g/mol. The second kappa shape index (κ2) is 9.93. The zero-order chi connectivity index (χ0) is 19.6. The van der Waals surface area contributed by atoms with E-state index >= 15 is 0 Å². The van der Waals surface area contributed by atoms with E-state index in [1.54, 1.807) is 19.2 Å². The van der Waals surface area contributed by atoms with E-state index in [4.69, 9.17) is 10.6 Å². The number of H-pyrrole nitrogens is 1. The van der Waals surface area contributed by atoms with E-state index in [0.29, 0.717) is 12.1 Å². The molecule has 3 rings (SSSR count). The number of hydrogen-bond acceptors (Lipinski definition) is 5. The normalized spacial score (nSPS) is 9.89. The van der Waals surface area contributed by atoms with Gasteiger partial charge in [-0.25, -0.2) is 5.84 Å². The number of ether oxygens (including phenoxy) is 1. The van der Waals surface area contributed by atoms with Crippen LogP contribution in [0.15, 0.2) is 48.9 Å². The number of nitrogens with zero attached hydrogens (tertiary/aromatic N) is 1. The van der Waals surface area contributed by atoms with Crippen LogP contribution in [-0.2, 0) is 11.2 Å². The van der Waals surface area contributed by atoms with Gasteiger partial charge in [0, 0.05) is 48.5 Å². The number of benzene rings is 1. The lowest BCUT2D eigenvalue weighted by atomic mass is 10.1. The van der Waals surface area contributed by atoms with Crippen LogP contribution in [0.1, 0.15) is 22.8 Å². The molecule has 0 aliphatic rings. The van der Waals surface area contributed by atoms with Crippen LogP contribution in [0.25, 0.3) is 10.9 Å². The Hall–Kier alpha value is -3.39. The minimum absolute atomic E-state index is 0.00224. The Morgan fingerprint density at radius 3 is 2.59 bits per heavy atom. The molecule has 1 aromatic carbocycles. The van der Waals surface area contributed by atoms with Gasteiger partial charge in [0.05, 0.1) is 7.11 Å². The van der Waals surface area contributed by atoms with Crippen molar-refractivity contribution < 1.29 is 14.3 Å². The lowest BCUT2D eigenvalue weighted by molar-refractivity contribution is -0.118. The lowest BCUT2D eigenvalue weighted by Gasteiger charge is -2.03. The fraction of sp³-hybridized carbons (Fsp3) is 0.211. The zero-order valence-electron chi connectivity index (χ0n) is 15.3. The predicted octanol–water partition coefficient (Wildman–Crippen LogP) is 1.54. The molecule has 0 bridgehead atoms. The highest BCUT2D eigenvalue weighted by Crippen LogP contribution is 2.23. The smallest absolute Gasteiger partial charge is 0.265 e. The first kappa shape index (κ1) is 19.9. The topological polar surface area (TPSA) is 122 Å². The molecule has 0 radical (unpaired) electrons. The van der Waals surface area contributed by atoms with Crippen molar-refractivity contribution in [3.8, 4) is 5.75 Å². The molecule has 0 saturated heterocycles. The fourth-order valence-electron chi connectivity index (χ4n) is 2.45. The molecule has 3 aromatic rings. The number of nitrogens with two attached hydrogens (primary N) is 1. The molecule has 0 aliphatic heterocycles. The maximum atomic E-state index is 10.8. The van der Waals surface area contributed by atoms with Crippen molar-refractivity contribution in [1.82, 2.24) is 20.7 Å². The summed E-state index contributed by atoms with van der Waals surface area (Å²) in [6.45, 7) is 2.18. The number of aromatic amines is 1. The van der Waals surface area contributed by atoms with Crippen LogP contribution in [-0.4, -0.2) is 35.4 Å². The number of pyridine rings is 1. The van der Waals surface area contributed by atoms with Crippen LogP contribution < -0.4 is 21.3 Å². The summed E-state index contributed by atoms with van der Waals surface area (Å²) in [5, 5.41) is 3.94. The number of hydrogen-bond donors (Lipinski definition) is 4. The highest BCUT2D eigenvalue weighted by atomic mass is 16.5. The van der Waals surface area contributed by atoms with E-state index in [9.17, 15) is 9.59 Å². The second-order valence-corrected chi connectivity index (χ2v) is 5.67. The maximum Gasteiger partial charge on any atom is 0.265 e. The molecule has 0 atom stereocenters. The fourth-order valence-corrected chi connectivity index (χ4v) is 2.45. The molecule has 8 nitrogen and oxygen atoms in total. The number of aromatic nitrogens is 2. The molecular formula is C19H23N5O3. The molecule has 0 unspecified atom stereocenters. The van der Waals surface area contributed by atoms with E-state index in [0.717, 1.165) is 23.1 Å². The molecule has 8 heteroatoms. The largest absolute Gasteiger partial charge is 0.497 e. The van der Waals surface area contributed by atoms with Gasteiger partial charge in [-0.05, 0) is 42.3 Å². The van der Waals surface area contributed by atoms with Crippen molar-refractivity contribution in [2.75, 3.05) is 13.7 Å². The lowest BCUT2D eigenvalue weighted by Crippen LogP contribution is -2.29. The minimum atomic E-state index is -0.303. The Balaban J connectivity index is 0.000000223. The summed E-state index contributed by atoms with van der Waals surface area (Å²) < 4.78 is 5.21. The van der Waals surface area contributed by atoms with Gasteiger partial charge in [-0.15, -0.1) is 0 Å². The van der Waals surface area contributed by atoms with Crippen molar-refractivity contribution >= 4 is 22.7 Å². The van der Waals surface area contributed by atoms with Crippen LogP contribution in [0, 0.1) is 0 Å². The first-order valence-corrected chi connectivity index (χ1v) is 8.34. The molecule has 2 aromatic heterocycles. The van der Waals surface area contributed by atoms with Crippen LogP contribution >= 0.6 is 0 Å². The Labute approximate surface area is 157 Å². The third kappa shape index (κ3) is 5.82. The molecule has 2 heterocycles. The first-order valence-electron chi connectivity index (χ1n) is 8.34. The predicted molar refractivity (Wildman–Crippen MR) is 103 cm³/mol. The highest BCUT2D eigenvalue weighted by molar-refractivity contribution is 5.93. The van der Waals surface area contributed by atoms with Gasteiger partial charge in [0.15, 0.2) is 0 Å². The average Bonchev–Trinajstić information content (AvgIpc) is 3.10. The number of nitrogens with one attached hydrogen (secondary N) is 3. The Morgan fingerprint density at radius 1 is 1.22 bits per heavy atom. The van der Waals surface area contributed by atoms with Gasteiger partial charge >= 0.3 is 0 Å². The second-order valence-electron chi connectivity index (χ2n) is 5.67. The van der Waals surface area contributed by atoms with Crippen LogP contribution in [0.5, 0.6) is 5.75 Å². The average molecular weight is 369 g/mol. The first-order chi connectivity index (χ1) is 13.0. The van der Waals surface area contributed by atoms with E-state index in [1.807, 2.05) is 29.8 Å². The highest BCUT2D eigenvalue weighted by Gasteiger charge is 2.05. The summed E-state index contributed by atoms with van der Waals surface area (Å²) in [7, 11) is 1.66. The van der Waals surface area contributed by atoms with Gasteiger partial charge in [0.2, 0.25) is 5.91 Å². The third-order valence-electron chi connectivity index (χ3n) is 3.82. The Morgan fingerprint density at radius 2 is 1.96 bits per heavy atom. The van der Waals surface area contributed by atoms with Gasteiger partial charge in [-0.2, -0.15) is 0 Å². The quantitative estimate of drug-likeness (QED) is 0.309. The van der Waals surface area contributed by atoms with E-state index in [2.05, 4.69) is 15.3 Å². The van der Waals surface area contributed by atoms with Crippen molar-refractivity contribution in [3.05, 3.63) is 60.0 Å². The summed E-state index contributed by atoms with van der Waals surface area (Å²) in [5.41, 5.74) is 4.80. The number of methoxy groups -OCH3 is 1. The number of hydrazine groups is 1. The van der Waals surface area contributed by atoms with Crippen LogP contribution in [0.2, 0.25) is 0 Å². The summed E-state index contributed by atoms with van der Waals surface area (Å²) in [6.07, 6.45) is 5.85. The van der Waals surface area contributed by atoms with Crippen LogP contribution in [0.3, 0.4) is 0 Å². The van der Waals surface area contributed by atoms with Crippen molar-refractivity contribution in [2.24, 2.45) is 5.84 Å². The number of carbonyl (C=O) groups excluding carboxylic acids is 2. The summed E-state index contributed by atoms with van der Waals surface area (Å²) in [5.74, 6) is 5.43. The van der Waals surface area contributed by atoms with E-state index in [-0.39, 0.29) is 11.8 Å². The number of rotatable bonds is 5. The SMILES string of the molecule is COc1ccc2[nH]cc(CCNC(C)=O)c2c1.NNC(=O)c1ccncc1. The zero-order valence-corrected chi connectivity index (χ0v) is 15.3. The molecule has 0 saturated carbocycles. The van der Waals surface area contributed by atoms with E-state index < -0.39 is 0 Å². The summed E-state index contributed by atoms with van der Waals surface area (Å²) in [6, 6.07) is 9.10. The number of fused-ring (bicyclic) bond motifs is 1. The standard InChI is InChI=1S/C13H16N2O2.C6H7N3O/c1-9(16)14-6-5-10-8-15-13-4-3-11(17-2)7-12(10)13;7-9-6(10)5-1-3-8-4-2-5/h3-4,7-8,15H,5-6H2,1-2H3,(H,14,16);1-4H,7H2,(H,9,10). The molecule has 0 aliphatic carbocycles. The van der Waals surface area contributed by atoms with Crippen LogP contribution in [0.4, 0.5) is 0 Å². The van der Waals surface area contributed by atoms with E-state index in [1.165, 1.54) is 24.9 Å². The monoisotopic (exact) mass is 369 g/mol. The molecule has 27 heavy (non-hydrogen) atoms. The van der Waals surface area contributed by atoms with Gasteiger partial charge < -0.3 is 15.0 Å². The number of amides is 2. The molecule has 0 spiro atoms. The maximum absolute atomic E-state index is 10.8. The van der Waals surface area contributed by atoms with Crippen molar-refractivity contribution in [2.45, 2.75) is 13.3 Å². The number of carbonyl (C=O) groups is 2. The number of nitrogen functional groups attached to an aromatic ring is 1. The Kier molecular flexibility index (Phi) is 7.33. The van der Waals surface area contributed by atoms with Gasteiger partial charge in [0.1, 0.15) is 5.75 Å².